The lowest BCUT2D eigenvalue weighted by Crippen LogP contribution is -2.04. The fraction of sp³-hybridized carbons (Fsp3) is 0.0769. The Kier molecular flexibility index (Phi) is 3.41. The van der Waals surface area contributed by atoms with Crippen LogP contribution in [0, 0.1) is 11.3 Å². The number of nitrogens with one attached hydrogen (secondary N) is 2. The molecule has 7 nitrogen and oxygen atoms in total. The van der Waals surface area contributed by atoms with Crippen molar-refractivity contribution in [3.63, 3.8) is 0 Å². The summed E-state index contributed by atoms with van der Waals surface area (Å²) < 4.78 is 5.96. The van der Waals surface area contributed by atoms with Gasteiger partial charge in [-0.2, -0.15) is 5.26 Å². The first-order valence-corrected chi connectivity index (χ1v) is 6.71. The number of halogens is 1. The van der Waals surface area contributed by atoms with Crippen molar-refractivity contribution in [3.8, 4) is 6.07 Å². The van der Waals surface area contributed by atoms with E-state index < -0.39 is 5.97 Å². The molecule has 0 aliphatic carbocycles. The number of aromatic nitrogens is 4. The van der Waals surface area contributed by atoms with Crippen molar-refractivity contribution >= 4 is 33.1 Å². The lowest BCUT2D eigenvalue weighted by atomic mass is 10.3. The van der Waals surface area contributed by atoms with Crippen LogP contribution >= 0.6 is 15.9 Å². The van der Waals surface area contributed by atoms with Crippen LogP contribution in [0.5, 0.6) is 0 Å². The molecular weight excluding hydrogens is 338 g/mol. The van der Waals surface area contributed by atoms with Gasteiger partial charge in [-0.1, -0.05) is 0 Å². The molecular formula is C13H8BrN5O2. The van der Waals surface area contributed by atoms with Gasteiger partial charge in [-0.25, -0.2) is 14.8 Å². The van der Waals surface area contributed by atoms with Crippen LogP contribution in [0.3, 0.4) is 0 Å². The minimum Gasteiger partial charge on any atom is -0.454 e. The van der Waals surface area contributed by atoms with Crippen molar-refractivity contribution in [2.45, 2.75) is 6.61 Å². The first-order chi connectivity index (χ1) is 10.2. The molecule has 0 unspecified atom stereocenters. The largest absolute Gasteiger partial charge is 0.454 e. The molecule has 3 aromatic rings. The third kappa shape index (κ3) is 2.78. The van der Waals surface area contributed by atoms with Crippen LogP contribution in [0.25, 0.3) is 11.2 Å². The highest BCUT2D eigenvalue weighted by atomic mass is 79.9. The zero-order valence-corrected chi connectivity index (χ0v) is 12.1. The number of imidazole rings is 1. The van der Waals surface area contributed by atoms with E-state index in [2.05, 4.69) is 35.9 Å². The van der Waals surface area contributed by atoms with Gasteiger partial charge in [0, 0.05) is 16.9 Å². The summed E-state index contributed by atoms with van der Waals surface area (Å²) >= 11 is 3.32. The number of nitriles is 1. The number of carbonyl (C=O) groups excluding carboxylic acids is 1. The topological polar surface area (TPSA) is 107 Å². The number of fused-ring (bicyclic) bond motifs is 1. The smallest absolute Gasteiger partial charge is 0.340 e. The van der Waals surface area contributed by atoms with Crippen molar-refractivity contribution in [1.82, 2.24) is 19.9 Å². The summed E-state index contributed by atoms with van der Waals surface area (Å²) in [6.45, 7) is -0.000120. The van der Waals surface area contributed by atoms with E-state index in [1.807, 2.05) is 12.1 Å². The second-order valence-corrected chi connectivity index (χ2v) is 5.11. The molecule has 0 bridgehead atoms. The summed E-state index contributed by atoms with van der Waals surface area (Å²) in [5.74, 6) is -0.0256. The van der Waals surface area contributed by atoms with Crippen LogP contribution in [-0.2, 0) is 11.3 Å². The van der Waals surface area contributed by atoms with Gasteiger partial charge in [-0.15, -0.1) is 0 Å². The molecule has 3 aromatic heterocycles. The molecule has 0 aromatic carbocycles. The van der Waals surface area contributed by atoms with Gasteiger partial charge in [0.25, 0.3) is 0 Å². The van der Waals surface area contributed by atoms with E-state index in [-0.39, 0.29) is 6.61 Å². The first-order valence-electron chi connectivity index (χ1n) is 5.91. The molecule has 0 aliphatic rings. The predicted molar refractivity (Wildman–Crippen MR) is 76.2 cm³/mol. The monoisotopic (exact) mass is 345 g/mol. The van der Waals surface area contributed by atoms with E-state index in [4.69, 9.17) is 10.00 Å². The van der Waals surface area contributed by atoms with Gasteiger partial charge >= 0.3 is 5.97 Å². The quantitative estimate of drug-likeness (QED) is 0.708. The fourth-order valence-electron chi connectivity index (χ4n) is 1.79. The van der Waals surface area contributed by atoms with E-state index in [0.29, 0.717) is 22.7 Å². The minimum atomic E-state index is -0.526. The Hall–Kier alpha value is -2.66. The Morgan fingerprint density at radius 2 is 2.33 bits per heavy atom. The highest BCUT2D eigenvalue weighted by Gasteiger charge is 2.12. The molecule has 0 spiro atoms. The molecule has 0 atom stereocenters. The number of ether oxygens (including phenoxy) is 1. The van der Waals surface area contributed by atoms with Gasteiger partial charge in [-0.3, -0.25) is 0 Å². The Morgan fingerprint density at radius 3 is 3.10 bits per heavy atom. The number of rotatable bonds is 3. The number of pyridine rings is 1. The second-order valence-electron chi connectivity index (χ2n) is 4.20. The van der Waals surface area contributed by atoms with Crippen molar-refractivity contribution in [2.75, 3.05) is 0 Å². The van der Waals surface area contributed by atoms with Crippen molar-refractivity contribution in [1.29, 1.82) is 5.26 Å². The maximum atomic E-state index is 11.8. The molecule has 3 rings (SSSR count). The zero-order chi connectivity index (χ0) is 14.8. The molecule has 3 heterocycles. The molecule has 0 amide bonds. The van der Waals surface area contributed by atoms with Gasteiger partial charge in [-0.05, 0) is 28.1 Å². The van der Waals surface area contributed by atoms with Crippen LogP contribution in [0.4, 0.5) is 0 Å². The number of esters is 1. The molecule has 8 heteroatoms. The number of hydrogen-bond donors (Lipinski definition) is 2. The molecule has 0 saturated carbocycles. The van der Waals surface area contributed by atoms with E-state index >= 15 is 0 Å². The lowest BCUT2D eigenvalue weighted by molar-refractivity contribution is 0.0463. The number of carbonyl (C=O) groups is 1. The van der Waals surface area contributed by atoms with E-state index in [1.54, 1.807) is 6.20 Å². The number of H-pyrrole nitrogens is 2. The minimum absolute atomic E-state index is 0.000120. The number of aromatic amines is 2. The fourth-order valence-corrected chi connectivity index (χ4v) is 2.12. The molecule has 0 fully saturated rings. The maximum absolute atomic E-state index is 11.8. The molecule has 21 heavy (non-hydrogen) atoms. The Balaban J connectivity index is 1.71. The summed E-state index contributed by atoms with van der Waals surface area (Å²) in [4.78, 5) is 25.8. The van der Waals surface area contributed by atoms with Crippen LogP contribution in [0.2, 0.25) is 0 Å². The highest BCUT2D eigenvalue weighted by molar-refractivity contribution is 9.10. The van der Waals surface area contributed by atoms with Crippen LogP contribution in [0.15, 0.2) is 29.0 Å². The molecule has 0 saturated heterocycles. The first kappa shape index (κ1) is 13.3. The summed E-state index contributed by atoms with van der Waals surface area (Å²) in [6.07, 6.45) is 3.07. The normalized spacial score (nSPS) is 10.5. The lowest BCUT2D eigenvalue weighted by Gasteiger charge is -1.99. The Morgan fingerprint density at radius 1 is 1.48 bits per heavy atom. The summed E-state index contributed by atoms with van der Waals surface area (Å²) in [5.41, 5.74) is 1.91. The second kappa shape index (κ2) is 5.38. The molecule has 0 radical (unpaired) electrons. The van der Waals surface area contributed by atoms with Crippen molar-refractivity contribution < 1.29 is 9.53 Å². The van der Waals surface area contributed by atoms with Gasteiger partial charge in [0.2, 0.25) is 0 Å². The molecule has 2 N–H and O–H groups in total. The number of hydrogen-bond acceptors (Lipinski definition) is 5. The molecule has 104 valence electrons. The summed E-state index contributed by atoms with van der Waals surface area (Å²) in [5, 5.41) is 8.68. The Bertz CT molecular complexity index is 861. The van der Waals surface area contributed by atoms with Gasteiger partial charge in [0.15, 0.2) is 5.65 Å². The van der Waals surface area contributed by atoms with Crippen LogP contribution in [-0.4, -0.2) is 25.9 Å². The summed E-state index contributed by atoms with van der Waals surface area (Å²) in [7, 11) is 0. The van der Waals surface area contributed by atoms with E-state index in [0.717, 1.165) is 9.99 Å². The zero-order valence-electron chi connectivity index (χ0n) is 10.6. The van der Waals surface area contributed by atoms with Crippen LogP contribution in [0.1, 0.15) is 21.9 Å². The van der Waals surface area contributed by atoms with Crippen molar-refractivity contribution in [3.05, 3.63) is 46.1 Å². The van der Waals surface area contributed by atoms with Gasteiger partial charge < -0.3 is 14.7 Å². The average molecular weight is 346 g/mol. The average Bonchev–Trinajstić information content (AvgIpc) is 3.10. The maximum Gasteiger partial charge on any atom is 0.340 e. The van der Waals surface area contributed by atoms with Gasteiger partial charge in [0.05, 0.1) is 11.1 Å². The Labute approximate surface area is 127 Å². The highest BCUT2D eigenvalue weighted by Crippen LogP contribution is 2.15. The number of nitrogens with zero attached hydrogens (tertiary/aromatic N) is 3. The third-order valence-electron chi connectivity index (χ3n) is 2.73. The van der Waals surface area contributed by atoms with Crippen LogP contribution < -0.4 is 0 Å². The molecule has 0 aliphatic heterocycles. The SMILES string of the molecule is N#Cc1cc(C(=O)OCc2nc3ncc(Br)cc3[nH]2)c[nH]1. The van der Waals surface area contributed by atoms with Gasteiger partial charge in [0.1, 0.15) is 24.2 Å². The van der Waals surface area contributed by atoms with E-state index in [1.165, 1.54) is 12.3 Å². The van der Waals surface area contributed by atoms with E-state index in [9.17, 15) is 4.79 Å². The van der Waals surface area contributed by atoms with Crippen molar-refractivity contribution in [2.24, 2.45) is 0 Å². The predicted octanol–water partition coefficient (Wildman–Crippen LogP) is 2.28. The standard InChI is InChI=1S/C13H8BrN5O2/c14-8-2-10-12(17-5-8)19-11(18-10)6-21-13(20)7-1-9(3-15)16-4-7/h1-2,4-5,16H,6H2,(H,17,18,19). The summed E-state index contributed by atoms with van der Waals surface area (Å²) in [6, 6.07) is 5.17. The third-order valence-corrected chi connectivity index (χ3v) is 3.17.